The van der Waals surface area contributed by atoms with Crippen molar-refractivity contribution in [3.8, 4) is 6.07 Å². The van der Waals surface area contributed by atoms with Crippen molar-refractivity contribution >= 4 is 11.5 Å². The number of aromatic nitrogens is 1. The Kier molecular flexibility index (Phi) is 3.74. The van der Waals surface area contributed by atoms with Gasteiger partial charge in [0.2, 0.25) is 0 Å². The number of nitrogens with zero attached hydrogens (tertiary/aromatic N) is 2. The molecule has 0 aromatic carbocycles. The number of hydrogen-bond donors (Lipinski definition) is 2. The van der Waals surface area contributed by atoms with Crippen molar-refractivity contribution in [2.45, 2.75) is 19.8 Å². The minimum atomic E-state index is 0.436. The largest absolute Gasteiger partial charge is 0.395 e. The molecular formula is C10H14N4. The Labute approximate surface area is 83.8 Å². The highest BCUT2D eigenvalue weighted by Gasteiger charge is 2.04. The molecule has 1 heterocycles. The van der Waals surface area contributed by atoms with Crippen LogP contribution in [-0.4, -0.2) is 11.5 Å². The molecule has 0 spiro atoms. The van der Waals surface area contributed by atoms with Crippen molar-refractivity contribution in [3.05, 3.63) is 17.8 Å². The zero-order valence-corrected chi connectivity index (χ0v) is 8.25. The molecule has 0 radical (unpaired) electrons. The maximum atomic E-state index is 8.73. The maximum absolute atomic E-state index is 8.73. The second-order valence-electron chi connectivity index (χ2n) is 3.01. The number of anilines is 2. The first-order valence-electron chi connectivity index (χ1n) is 4.68. The van der Waals surface area contributed by atoms with Crippen molar-refractivity contribution < 1.29 is 0 Å². The van der Waals surface area contributed by atoms with Crippen molar-refractivity contribution in [2.24, 2.45) is 0 Å². The second-order valence-corrected chi connectivity index (χ2v) is 3.01. The summed E-state index contributed by atoms with van der Waals surface area (Å²) in [6, 6.07) is 3.63. The topological polar surface area (TPSA) is 74.7 Å². The second kappa shape index (κ2) is 5.07. The summed E-state index contributed by atoms with van der Waals surface area (Å²) in [5, 5.41) is 11.8. The number of hydrogen-bond acceptors (Lipinski definition) is 4. The van der Waals surface area contributed by atoms with Crippen LogP contribution in [0.1, 0.15) is 25.3 Å². The molecule has 0 aliphatic rings. The average molecular weight is 190 g/mol. The molecule has 1 aromatic heterocycles. The molecule has 0 unspecified atom stereocenters. The molecule has 0 aliphatic heterocycles. The Bertz CT molecular complexity index is 340. The van der Waals surface area contributed by atoms with Crippen molar-refractivity contribution in [3.63, 3.8) is 0 Å². The van der Waals surface area contributed by atoms with Crippen molar-refractivity contribution in [2.75, 3.05) is 17.6 Å². The lowest BCUT2D eigenvalue weighted by atomic mass is 10.2. The van der Waals surface area contributed by atoms with E-state index in [1.54, 1.807) is 12.3 Å². The van der Waals surface area contributed by atoms with Crippen LogP contribution in [-0.2, 0) is 0 Å². The van der Waals surface area contributed by atoms with Gasteiger partial charge in [-0.3, -0.25) is 0 Å². The predicted octanol–water partition coefficient (Wildman–Crippen LogP) is 1.75. The fourth-order valence-corrected chi connectivity index (χ4v) is 1.10. The van der Waals surface area contributed by atoms with Crippen LogP contribution in [0.25, 0.3) is 0 Å². The van der Waals surface area contributed by atoms with Crippen molar-refractivity contribution in [1.29, 1.82) is 5.26 Å². The van der Waals surface area contributed by atoms with E-state index >= 15 is 0 Å². The minimum Gasteiger partial charge on any atom is -0.395 e. The molecule has 4 heteroatoms. The smallest absolute Gasteiger partial charge is 0.150 e. The molecule has 1 aromatic rings. The molecule has 0 saturated heterocycles. The van der Waals surface area contributed by atoms with Gasteiger partial charge in [-0.2, -0.15) is 5.26 Å². The lowest BCUT2D eigenvalue weighted by Crippen LogP contribution is -2.06. The molecule has 4 nitrogen and oxygen atoms in total. The van der Waals surface area contributed by atoms with Gasteiger partial charge in [0.1, 0.15) is 6.07 Å². The third-order valence-electron chi connectivity index (χ3n) is 1.93. The lowest BCUT2D eigenvalue weighted by molar-refractivity contribution is 0.831. The van der Waals surface area contributed by atoms with E-state index in [2.05, 4.69) is 17.2 Å². The third kappa shape index (κ3) is 2.36. The van der Waals surface area contributed by atoms with Crippen molar-refractivity contribution in [1.82, 2.24) is 4.98 Å². The van der Waals surface area contributed by atoms with Crippen LogP contribution >= 0.6 is 0 Å². The van der Waals surface area contributed by atoms with Gasteiger partial charge in [-0.05, 0) is 12.5 Å². The van der Waals surface area contributed by atoms with Gasteiger partial charge < -0.3 is 11.1 Å². The van der Waals surface area contributed by atoms with Crippen LogP contribution < -0.4 is 11.1 Å². The summed E-state index contributed by atoms with van der Waals surface area (Å²) >= 11 is 0. The van der Waals surface area contributed by atoms with Gasteiger partial charge >= 0.3 is 0 Å². The first-order valence-corrected chi connectivity index (χ1v) is 4.68. The van der Waals surface area contributed by atoms with Gasteiger partial charge in [-0.15, -0.1) is 0 Å². The molecule has 74 valence electrons. The zero-order valence-electron chi connectivity index (χ0n) is 8.25. The number of rotatable bonds is 4. The van der Waals surface area contributed by atoms with Gasteiger partial charge in [0.25, 0.3) is 0 Å². The summed E-state index contributed by atoms with van der Waals surface area (Å²) in [4.78, 5) is 4.07. The Morgan fingerprint density at radius 1 is 1.64 bits per heavy atom. The molecule has 0 saturated carbocycles. The number of pyridine rings is 1. The monoisotopic (exact) mass is 190 g/mol. The van der Waals surface area contributed by atoms with Gasteiger partial charge in [0, 0.05) is 12.7 Å². The Morgan fingerprint density at radius 3 is 3.07 bits per heavy atom. The predicted molar refractivity (Wildman–Crippen MR) is 56.8 cm³/mol. The summed E-state index contributed by atoms with van der Waals surface area (Å²) in [5.41, 5.74) is 6.64. The molecule has 0 aliphatic carbocycles. The standard InChI is InChI=1S/C10H14N4/c1-2-3-5-13-10-9(12)8(7-11)4-6-14-10/h4,6H,2-3,5,12H2,1H3,(H,13,14). The summed E-state index contributed by atoms with van der Waals surface area (Å²) in [6.45, 7) is 2.95. The van der Waals surface area contributed by atoms with E-state index in [0.717, 1.165) is 19.4 Å². The Balaban J connectivity index is 2.73. The number of nitrogen functional groups attached to an aromatic ring is 1. The fraction of sp³-hybridized carbons (Fsp3) is 0.400. The molecule has 0 fully saturated rings. The number of unbranched alkanes of at least 4 members (excludes halogenated alkanes) is 1. The van der Waals surface area contributed by atoms with E-state index in [-0.39, 0.29) is 0 Å². The first-order chi connectivity index (χ1) is 6.79. The van der Waals surface area contributed by atoms with Gasteiger partial charge in [-0.25, -0.2) is 4.98 Å². The highest BCUT2D eigenvalue weighted by atomic mass is 15.0. The number of nitrogens with one attached hydrogen (secondary N) is 1. The molecular weight excluding hydrogens is 176 g/mol. The highest BCUT2D eigenvalue weighted by molar-refractivity contribution is 5.68. The average Bonchev–Trinajstić information content (AvgIpc) is 2.21. The summed E-state index contributed by atoms with van der Waals surface area (Å²) in [7, 11) is 0. The quantitative estimate of drug-likeness (QED) is 0.709. The molecule has 1 rings (SSSR count). The minimum absolute atomic E-state index is 0.436. The van der Waals surface area contributed by atoms with E-state index in [1.165, 1.54) is 0 Å². The summed E-state index contributed by atoms with van der Waals surface area (Å²) in [5.74, 6) is 0.609. The molecule has 14 heavy (non-hydrogen) atoms. The summed E-state index contributed by atoms with van der Waals surface area (Å²) in [6.07, 6.45) is 3.77. The first kappa shape index (κ1) is 10.3. The van der Waals surface area contributed by atoms with E-state index in [1.807, 2.05) is 6.07 Å². The molecule has 0 atom stereocenters. The van der Waals surface area contributed by atoms with Crippen LogP contribution in [0.3, 0.4) is 0 Å². The van der Waals surface area contributed by atoms with Crippen LogP contribution in [0, 0.1) is 11.3 Å². The van der Waals surface area contributed by atoms with Crippen LogP contribution in [0.2, 0.25) is 0 Å². The van der Waals surface area contributed by atoms with Crippen LogP contribution in [0.5, 0.6) is 0 Å². The Hall–Kier alpha value is -1.76. The Morgan fingerprint density at radius 2 is 2.43 bits per heavy atom. The van der Waals surface area contributed by atoms with E-state index < -0.39 is 0 Å². The van der Waals surface area contributed by atoms with Crippen LogP contribution in [0.15, 0.2) is 12.3 Å². The SMILES string of the molecule is CCCCNc1nccc(C#N)c1N. The van der Waals surface area contributed by atoms with Gasteiger partial charge in [-0.1, -0.05) is 13.3 Å². The maximum Gasteiger partial charge on any atom is 0.150 e. The molecule has 3 N–H and O–H groups in total. The van der Waals surface area contributed by atoms with E-state index in [0.29, 0.717) is 17.1 Å². The highest BCUT2D eigenvalue weighted by Crippen LogP contribution is 2.18. The number of nitrogens with two attached hydrogens (primary N) is 1. The molecule has 0 amide bonds. The normalized spacial score (nSPS) is 9.43. The lowest BCUT2D eigenvalue weighted by Gasteiger charge is -2.07. The van der Waals surface area contributed by atoms with E-state index in [4.69, 9.17) is 11.0 Å². The summed E-state index contributed by atoms with van der Waals surface area (Å²) < 4.78 is 0. The van der Waals surface area contributed by atoms with Crippen LogP contribution in [0.4, 0.5) is 11.5 Å². The fourth-order valence-electron chi connectivity index (χ4n) is 1.10. The zero-order chi connectivity index (χ0) is 10.4. The third-order valence-corrected chi connectivity index (χ3v) is 1.93. The van der Waals surface area contributed by atoms with E-state index in [9.17, 15) is 0 Å². The number of nitriles is 1. The van der Waals surface area contributed by atoms with Gasteiger partial charge in [0.15, 0.2) is 5.82 Å². The molecule has 0 bridgehead atoms. The van der Waals surface area contributed by atoms with Gasteiger partial charge in [0.05, 0.1) is 11.3 Å².